The zero-order valence-electron chi connectivity index (χ0n) is 19.4. The minimum Gasteiger partial charge on any atom is -0.497 e. The van der Waals surface area contributed by atoms with E-state index >= 15 is 0 Å². The summed E-state index contributed by atoms with van der Waals surface area (Å²) in [5.41, 5.74) is 0.197. The number of benzene rings is 2. The summed E-state index contributed by atoms with van der Waals surface area (Å²) in [4.78, 5) is 41.5. The van der Waals surface area contributed by atoms with Crippen LogP contribution in [0.4, 0.5) is 5.69 Å². The highest BCUT2D eigenvalue weighted by molar-refractivity contribution is 6.31. The molecule has 4 aromatic rings. The molecule has 2 aromatic carbocycles. The molecule has 0 aliphatic carbocycles. The molecular formula is C24H24ClN5O5. The number of hydrogen-bond donors (Lipinski definition) is 1. The molecule has 0 aliphatic heterocycles. The number of nitrogens with zero attached hydrogens (tertiary/aromatic N) is 4. The quantitative estimate of drug-likeness (QED) is 0.400. The summed E-state index contributed by atoms with van der Waals surface area (Å²) < 4.78 is 15.1. The van der Waals surface area contributed by atoms with Gasteiger partial charge in [-0.25, -0.2) is 9.78 Å². The van der Waals surface area contributed by atoms with E-state index in [1.54, 1.807) is 61.2 Å². The highest BCUT2D eigenvalue weighted by Crippen LogP contribution is 2.33. The van der Waals surface area contributed by atoms with Gasteiger partial charge in [-0.05, 0) is 48.9 Å². The van der Waals surface area contributed by atoms with Gasteiger partial charge >= 0.3 is 5.69 Å². The Labute approximate surface area is 205 Å². The van der Waals surface area contributed by atoms with Gasteiger partial charge < -0.3 is 19.4 Å². The lowest BCUT2D eigenvalue weighted by atomic mass is 10.2. The monoisotopic (exact) mass is 497 g/mol. The Morgan fingerprint density at radius 3 is 2.49 bits per heavy atom. The van der Waals surface area contributed by atoms with Crippen molar-refractivity contribution in [3.8, 4) is 17.2 Å². The Morgan fingerprint density at radius 1 is 1.06 bits per heavy atom. The van der Waals surface area contributed by atoms with E-state index < -0.39 is 11.2 Å². The first kappa shape index (κ1) is 24.1. The van der Waals surface area contributed by atoms with Crippen molar-refractivity contribution in [2.45, 2.75) is 19.4 Å². The number of nitrogens with one attached hydrogen (secondary N) is 1. The van der Waals surface area contributed by atoms with Gasteiger partial charge in [0.25, 0.3) is 5.56 Å². The third-order valence-corrected chi connectivity index (χ3v) is 5.76. The minimum absolute atomic E-state index is 0.181. The van der Waals surface area contributed by atoms with E-state index in [1.165, 1.54) is 17.9 Å². The molecule has 1 amide bonds. The molecule has 10 nitrogen and oxygen atoms in total. The van der Waals surface area contributed by atoms with Gasteiger partial charge in [0.1, 0.15) is 11.5 Å². The van der Waals surface area contributed by atoms with E-state index in [4.69, 9.17) is 21.1 Å². The van der Waals surface area contributed by atoms with Crippen LogP contribution in [0.25, 0.3) is 11.2 Å². The molecule has 0 saturated carbocycles. The van der Waals surface area contributed by atoms with Crippen molar-refractivity contribution in [1.29, 1.82) is 0 Å². The normalized spacial score (nSPS) is 11.0. The smallest absolute Gasteiger partial charge is 0.332 e. The summed E-state index contributed by atoms with van der Waals surface area (Å²) in [6.07, 6.45) is 2.12. The SMILES string of the molecule is COc1ccc(Oc2ccc(Cl)cc2NC(=O)CCCn2cnc3c2c(=O)n(C)c(=O)n3C)cc1. The van der Waals surface area contributed by atoms with Crippen LogP contribution in [0.3, 0.4) is 0 Å². The van der Waals surface area contributed by atoms with Crippen molar-refractivity contribution >= 4 is 34.4 Å². The van der Waals surface area contributed by atoms with Crippen LogP contribution < -0.4 is 26.0 Å². The molecule has 0 fully saturated rings. The number of imidazole rings is 1. The van der Waals surface area contributed by atoms with E-state index in [0.29, 0.717) is 52.1 Å². The number of carbonyl (C=O) groups excluding carboxylic acids is 1. The summed E-state index contributed by atoms with van der Waals surface area (Å²) in [7, 11) is 4.57. The summed E-state index contributed by atoms with van der Waals surface area (Å²) in [5, 5.41) is 3.29. The maximum absolute atomic E-state index is 12.7. The van der Waals surface area contributed by atoms with Crippen molar-refractivity contribution in [2.24, 2.45) is 14.1 Å². The standard InChI is InChI=1S/C24H24ClN5O5/c1-28-22-21(23(32)29(2)24(28)33)30(14-26-22)12-4-5-20(31)27-18-13-15(25)6-11-19(18)35-17-9-7-16(34-3)8-10-17/h6-11,13-14H,4-5,12H2,1-3H3,(H,27,31). The van der Waals surface area contributed by atoms with Crippen molar-refractivity contribution in [1.82, 2.24) is 18.7 Å². The molecular weight excluding hydrogens is 474 g/mol. The van der Waals surface area contributed by atoms with Crippen LogP contribution in [0.5, 0.6) is 17.2 Å². The second-order valence-corrected chi connectivity index (χ2v) is 8.32. The molecule has 0 radical (unpaired) electrons. The number of hydrogen-bond acceptors (Lipinski definition) is 6. The van der Waals surface area contributed by atoms with Gasteiger partial charge in [-0.3, -0.25) is 18.7 Å². The molecule has 182 valence electrons. The van der Waals surface area contributed by atoms with E-state index in [2.05, 4.69) is 10.3 Å². The molecule has 0 spiro atoms. The van der Waals surface area contributed by atoms with Crippen LogP contribution in [-0.4, -0.2) is 31.7 Å². The van der Waals surface area contributed by atoms with Crippen LogP contribution in [0, 0.1) is 0 Å². The zero-order chi connectivity index (χ0) is 25.1. The lowest BCUT2D eigenvalue weighted by Crippen LogP contribution is -2.37. The maximum Gasteiger partial charge on any atom is 0.332 e. The fourth-order valence-electron chi connectivity index (χ4n) is 3.65. The molecule has 0 saturated heterocycles. The van der Waals surface area contributed by atoms with E-state index in [9.17, 15) is 14.4 Å². The van der Waals surface area contributed by atoms with Crippen LogP contribution in [-0.2, 0) is 25.4 Å². The molecule has 2 aromatic heterocycles. The predicted molar refractivity (Wildman–Crippen MR) is 133 cm³/mol. The molecule has 1 N–H and O–H groups in total. The van der Waals surface area contributed by atoms with E-state index in [1.807, 2.05) is 0 Å². The zero-order valence-corrected chi connectivity index (χ0v) is 20.2. The second kappa shape index (κ2) is 10.1. The molecule has 0 unspecified atom stereocenters. The Morgan fingerprint density at radius 2 is 1.77 bits per heavy atom. The largest absolute Gasteiger partial charge is 0.497 e. The molecule has 2 heterocycles. The maximum atomic E-state index is 12.7. The average Bonchev–Trinajstić information content (AvgIpc) is 3.27. The number of rotatable bonds is 8. The molecule has 11 heteroatoms. The highest BCUT2D eigenvalue weighted by Gasteiger charge is 2.15. The third-order valence-electron chi connectivity index (χ3n) is 5.52. The number of aromatic nitrogens is 4. The average molecular weight is 498 g/mol. The predicted octanol–water partition coefficient (Wildman–Crippen LogP) is 3.31. The van der Waals surface area contributed by atoms with Gasteiger partial charge in [0.05, 0.1) is 19.1 Å². The van der Waals surface area contributed by atoms with Gasteiger partial charge in [0.2, 0.25) is 5.91 Å². The fraction of sp³-hybridized carbons (Fsp3) is 0.250. The van der Waals surface area contributed by atoms with Gasteiger partial charge in [0, 0.05) is 32.1 Å². The Bertz CT molecular complexity index is 1500. The number of anilines is 1. The summed E-state index contributed by atoms with van der Waals surface area (Å²) in [6, 6.07) is 12.0. The van der Waals surface area contributed by atoms with Gasteiger partial charge in [-0.15, -0.1) is 0 Å². The van der Waals surface area contributed by atoms with Crippen LogP contribution in [0.2, 0.25) is 5.02 Å². The van der Waals surface area contributed by atoms with Gasteiger partial charge in [0.15, 0.2) is 16.9 Å². The Hall–Kier alpha value is -4.05. The summed E-state index contributed by atoms with van der Waals surface area (Å²) >= 11 is 6.13. The van der Waals surface area contributed by atoms with Crippen molar-refractivity contribution < 1.29 is 14.3 Å². The number of halogens is 1. The number of amides is 1. The number of methoxy groups -OCH3 is 1. The molecule has 35 heavy (non-hydrogen) atoms. The first-order chi connectivity index (χ1) is 16.8. The summed E-state index contributed by atoms with van der Waals surface area (Å²) in [6.45, 7) is 0.377. The van der Waals surface area contributed by atoms with Crippen LogP contribution >= 0.6 is 11.6 Å². The second-order valence-electron chi connectivity index (χ2n) is 7.89. The topological polar surface area (TPSA) is 109 Å². The first-order valence-electron chi connectivity index (χ1n) is 10.8. The lowest BCUT2D eigenvalue weighted by molar-refractivity contribution is -0.116. The van der Waals surface area contributed by atoms with Crippen molar-refractivity contribution in [3.63, 3.8) is 0 Å². The van der Waals surface area contributed by atoms with E-state index in [-0.39, 0.29) is 12.3 Å². The van der Waals surface area contributed by atoms with Gasteiger partial charge in [-0.1, -0.05) is 11.6 Å². The van der Waals surface area contributed by atoms with Crippen molar-refractivity contribution in [2.75, 3.05) is 12.4 Å². The first-order valence-corrected chi connectivity index (χ1v) is 11.2. The Balaban J connectivity index is 1.43. The number of carbonyl (C=O) groups is 1. The minimum atomic E-state index is -0.443. The molecule has 0 atom stereocenters. The number of ether oxygens (including phenoxy) is 2. The highest BCUT2D eigenvalue weighted by atomic mass is 35.5. The lowest BCUT2D eigenvalue weighted by Gasteiger charge is -2.13. The van der Waals surface area contributed by atoms with E-state index in [0.717, 1.165) is 4.57 Å². The molecule has 0 aliphatic rings. The third kappa shape index (κ3) is 5.07. The molecule has 4 rings (SSSR count). The number of aryl methyl sites for hydroxylation is 2. The Kier molecular flexibility index (Phi) is 6.92. The number of fused-ring (bicyclic) bond motifs is 1. The van der Waals surface area contributed by atoms with Crippen molar-refractivity contribution in [3.05, 3.63) is 74.7 Å². The fourth-order valence-corrected chi connectivity index (χ4v) is 3.82. The van der Waals surface area contributed by atoms with Crippen LogP contribution in [0.1, 0.15) is 12.8 Å². The van der Waals surface area contributed by atoms with Crippen LogP contribution in [0.15, 0.2) is 58.4 Å². The molecule has 0 bridgehead atoms. The van der Waals surface area contributed by atoms with Gasteiger partial charge in [-0.2, -0.15) is 0 Å². The summed E-state index contributed by atoms with van der Waals surface area (Å²) in [5.74, 6) is 1.48.